The molecule has 0 aliphatic heterocycles. The smallest absolute Gasteiger partial charge is 0.344 e. The predicted octanol–water partition coefficient (Wildman–Crippen LogP) is 2.13. The lowest BCUT2D eigenvalue weighted by Crippen LogP contribution is -2.44. The van der Waals surface area contributed by atoms with Gasteiger partial charge >= 0.3 is 5.97 Å². The van der Waals surface area contributed by atoms with Gasteiger partial charge in [-0.05, 0) is 52.0 Å². The first-order valence-electron chi connectivity index (χ1n) is 7.45. The number of hydrogen-bond donors (Lipinski definition) is 0. The molecule has 0 aliphatic carbocycles. The Hall–Kier alpha value is -2.55. The van der Waals surface area contributed by atoms with Crippen LogP contribution in [0.25, 0.3) is 0 Å². The largest absolute Gasteiger partial charge is 0.482 e. The summed E-state index contributed by atoms with van der Waals surface area (Å²) < 4.78 is 10.2. The van der Waals surface area contributed by atoms with Crippen molar-refractivity contribution in [2.75, 3.05) is 13.2 Å². The van der Waals surface area contributed by atoms with Crippen LogP contribution in [0.1, 0.15) is 33.3 Å². The van der Waals surface area contributed by atoms with E-state index in [4.69, 9.17) is 14.7 Å². The van der Waals surface area contributed by atoms with Crippen molar-refractivity contribution in [2.45, 2.75) is 39.8 Å². The number of esters is 1. The van der Waals surface area contributed by atoms with Crippen LogP contribution in [-0.2, 0) is 14.3 Å². The maximum absolute atomic E-state index is 12.1. The summed E-state index contributed by atoms with van der Waals surface area (Å²) in [7, 11) is 0. The molecule has 6 nitrogen and oxygen atoms in total. The van der Waals surface area contributed by atoms with E-state index in [9.17, 15) is 9.59 Å². The van der Waals surface area contributed by atoms with Gasteiger partial charge < -0.3 is 14.4 Å². The van der Waals surface area contributed by atoms with Crippen molar-refractivity contribution in [1.29, 1.82) is 5.26 Å². The van der Waals surface area contributed by atoms with Crippen LogP contribution >= 0.6 is 0 Å². The predicted molar refractivity (Wildman–Crippen MR) is 84.7 cm³/mol. The Kier molecular flexibility index (Phi) is 7.07. The van der Waals surface area contributed by atoms with Crippen LogP contribution in [0.15, 0.2) is 24.3 Å². The molecule has 0 saturated heterocycles. The second-order valence-corrected chi connectivity index (χ2v) is 5.57. The molecule has 0 bridgehead atoms. The van der Waals surface area contributed by atoms with Gasteiger partial charge in [0.1, 0.15) is 5.75 Å². The summed E-state index contributed by atoms with van der Waals surface area (Å²) in [6, 6.07) is 8.44. The third-order valence-corrected chi connectivity index (χ3v) is 3.10. The fourth-order valence-corrected chi connectivity index (χ4v) is 2.20. The Morgan fingerprint density at radius 1 is 1.09 bits per heavy atom. The van der Waals surface area contributed by atoms with Crippen LogP contribution in [0.4, 0.5) is 0 Å². The van der Waals surface area contributed by atoms with E-state index < -0.39 is 5.97 Å². The molecule has 1 aromatic rings. The minimum atomic E-state index is -0.616. The minimum absolute atomic E-state index is 0.0381. The Bertz CT molecular complexity index is 565. The van der Waals surface area contributed by atoms with E-state index in [0.717, 1.165) is 0 Å². The van der Waals surface area contributed by atoms with E-state index in [1.54, 1.807) is 29.2 Å². The van der Waals surface area contributed by atoms with Gasteiger partial charge in [-0.1, -0.05) is 0 Å². The molecule has 1 amide bonds. The van der Waals surface area contributed by atoms with Crippen molar-refractivity contribution < 1.29 is 19.1 Å². The number of benzene rings is 1. The Morgan fingerprint density at radius 2 is 1.65 bits per heavy atom. The molecule has 0 spiro atoms. The van der Waals surface area contributed by atoms with Crippen LogP contribution in [0.5, 0.6) is 5.75 Å². The highest BCUT2D eigenvalue weighted by atomic mass is 16.6. The number of carbonyl (C=O) groups excluding carboxylic acids is 2. The lowest BCUT2D eigenvalue weighted by molar-refractivity contribution is -0.155. The molecule has 1 aromatic carbocycles. The molecule has 0 radical (unpaired) electrons. The summed E-state index contributed by atoms with van der Waals surface area (Å²) in [5, 5.41) is 8.69. The molecule has 0 unspecified atom stereocenters. The summed E-state index contributed by atoms with van der Waals surface area (Å²) in [6.45, 7) is 7.05. The van der Waals surface area contributed by atoms with Gasteiger partial charge in [-0.15, -0.1) is 0 Å². The molecule has 1 rings (SSSR count). The number of carbonyl (C=O) groups is 2. The van der Waals surface area contributed by atoms with Crippen molar-refractivity contribution in [3.8, 4) is 11.8 Å². The standard InChI is InChI=1S/C17H22N2O4/c1-12(2)19(13(3)4)16(20)10-23-17(21)11-22-15-7-5-14(9-18)6-8-15/h5-8,12-13H,10-11H2,1-4H3. The van der Waals surface area contributed by atoms with Gasteiger partial charge in [0.15, 0.2) is 13.2 Å². The zero-order chi connectivity index (χ0) is 17.4. The average molecular weight is 318 g/mol. The fraction of sp³-hybridized carbons (Fsp3) is 0.471. The highest BCUT2D eigenvalue weighted by molar-refractivity contribution is 5.81. The summed E-state index contributed by atoms with van der Waals surface area (Å²) >= 11 is 0. The molecule has 6 heteroatoms. The van der Waals surface area contributed by atoms with E-state index in [0.29, 0.717) is 11.3 Å². The second kappa shape index (κ2) is 8.79. The first-order valence-corrected chi connectivity index (χ1v) is 7.45. The molecular weight excluding hydrogens is 296 g/mol. The number of nitriles is 1. The van der Waals surface area contributed by atoms with Crippen LogP contribution in [0, 0.1) is 11.3 Å². The number of ether oxygens (including phenoxy) is 2. The quantitative estimate of drug-likeness (QED) is 0.720. The number of rotatable bonds is 7. The summed E-state index contributed by atoms with van der Waals surface area (Å²) in [5.41, 5.74) is 0.507. The van der Waals surface area contributed by atoms with Crippen molar-refractivity contribution in [1.82, 2.24) is 4.90 Å². The molecule has 23 heavy (non-hydrogen) atoms. The average Bonchev–Trinajstić information content (AvgIpc) is 2.50. The topological polar surface area (TPSA) is 79.6 Å². The van der Waals surface area contributed by atoms with Crippen molar-refractivity contribution in [3.63, 3.8) is 0 Å². The van der Waals surface area contributed by atoms with Crippen LogP contribution in [-0.4, -0.2) is 42.1 Å². The van der Waals surface area contributed by atoms with Crippen LogP contribution in [0.2, 0.25) is 0 Å². The zero-order valence-corrected chi connectivity index (χ0v) is 13.9. The van der Waals surface area contributed by atoms with Crippen LogP contribution < -0.4 is 4.74 Å². The van der Waals surface area contributed by atoms with Gasteiger partial charge in [-0.25, -0.2) is 4.79 Å². The summed E-state index contributed by atoms with van der Waals surface area (Å²) in [4.78, 5) is 25.4. The maximum atomic E-state index is 12.1. The zero-order valence-electron chi connectivity index (χ0n) is 13.9. The van der Waals surface area contributed by atoms with Gasteiger partial charge in [0, 0.05) is 12.1 Å². The van der Waals surface area contributed by atoms with Gasteiger partial charge in [0.05, 0.1) is 11.6 Å². The molecule has 0 aromatic heterocycles. The van der Waals surface area contributed by atoms with E-state index in [-0.39, 0.29) is 31.2 Å². The van der Waals surface area contributed by atoms with Crippen molar-refractivity contribution >= 4 is 11.9 Å². The van der Waals surface area contributed by atoms with Gasteiger partial charge in [-0.2, -0.15) is 5.26 Å². The SMILES string of the molecule is CC(C)N(C(=O)COC(=O)COc1ccc(C#N)cc1)C(C)C. The third kappa shape index (κ3) is 5.99. The molecule has 0 atom stereocenters. The van der Waals surface area contributed by atoms with E-state index in [2.05, 4.69) is 0 Å². The normalized spacial score (nSPS) is 10.3. The first kappa shape index (κ1) is 18.5. The molecule has 0 N–H and O–H groups in total. The van der Waals surface area contributed by atoms with Gasteiger partial charge in [-0.3, -0.25) is 4.79 Å². The first-order chi connectivity index (χ1) is 10.8. The van der Waals surface area contributed by atoms with E-state index >= 15 is 0 Å². The second-order valence-electron chi connectivity index (χ2n) is 5.57. The van der Waals surface area contributed by atoms with Gasteiger partial charge in [0.25, 0.3) is 5.91 Å². The third-order valence-electron chi connectivity index (χ3n) is 3.10. The molecule has 124 valence electrons. The van der Waals surface area contributed by atoms with Gasteiger partial charge in [0.2, 0.25) is 0 Å². The maximum Gasteiger partial charge on any atom is 0.344 e. The lowest BCUT2D eigenvalue weighted by Gasteiger charge is -2.30. The highest BCUT2D eigenvalue weighted by Gasteiger charge is 2.21. The van der Waals surface area contributed by atoms with E-state index in [1.165, 1.54) is 0 Å². The Labute approximate surface area is 136 Å². The minimum Gasteiger partial charge on any atom is -0.482 e. The number of hydrogen-bond acceptors (Lipinski definition) is 5. The monoisotopic (exact) mass is 318 g/mol. The molecule has 0 saturated carbocycles. The Balaban J connectivity index is 2.41. The summed E-state index contributed by atoms with van der Waals surface area (Å²) in [6.07, 6.45) is 0. The van der Waals surface area contributed by atoms with E-state index in [1.807, 2.05) is 33.8 Å². The van der Waals surface area contributed by atoms with Crippen LogP contribution in [0.3, 0.4) is 0 Å². The molecule has 0 aliphatic rings. The lowest BCUT2D eigenvalue weighted by atomic mass is 10.2. The highest BCUT2D eigenvalue weighted by Crippen LogP contribution is 2.11. The molecule has 0 heterocycles. The fourth-order valence-electron chi connectivity index (χ4n) is 2.20. The number of nitrogens with zero attached hydrogens (tertiary/aromatic N) is 2. The summed E-state index contributed by atoms with van der Waals surface area (Å²) in [5.74, 6) is -0.393. The molecule has 0 fully saturated rings. The number of amides is 1. The van der Waals surface area contributed by atoms with Crippen molar-refractivity contribution in [2.24, 2.45) is 0 Å². The molecular formula is C17H22N2O4. The van der Waals surface area contributed by atoms with Crippen molar-refractivity contribution in [3.05, 3.63) is 29.8 Å². The Morgan fingerprint density at radius 3 is 2.13 bits per heavy atom.